The van der Waals surface area contributed by atoms with Crippen molar-refractivity contribution in [3.8, 4) is 0 Å². The summed E-state index contributed by atoms with van der Waals surface area (Å²) in [5.41, 5.74) is 1.88. The minimum Gasteiger partial charge on any atom is -0.366 e. The second-order valence-electron chi connectivity index (χ2n) is 7.71. The lowest BCUT2D eigenvalue weighted by Crippen LogP contribution is -2.49. The Morgan fingerprint density at radius 2 is 1.67 bits per heavy atom. The number of carbonyl (C=O) groups is 2. The maximum atomic E-state index is 12.7. The monoisotopic (exact) mass is 467 g/mol. The highest BCUT2D eigenvalue weighted by Crippen LogP contribution is 2.31. The largest absolute Gasteiger partial charge is 0.366 e. The van der Waals surface area contributed by atoms with Crippen molar-refractivity contribution < 1.29 is 9.59 Å². The summed E-state index contributed by atoms with van der Waals surface area (Å²) in [6.07, 6.45) is 0.561. The van der Waals surface area contributed by atoms with E-state index < -0.39 is 0 Å². The second kappa shape index (κ2) is 9.90. The van der Waals surface area contributed by atoms with Gasteiger partial charge in [0.25, 0.3) is 5.91 Å². The van der Waals surface area contributed by atoms with Crippen molar-refractivity contribution in [2.75, 3.05) is 36.4 Å². The summed E-state index contributed by atoms with van der Waals surface area (Å²) in [7, 11) is 0. The Balaban J connectivity index is 1.73. The van der Waals surface area contributed by atoms with Gasteiger partial charge in [-0.15, -0.1) is 0 Å². The molecule has 1 N–H and O–H groups in total. The minimum absolute atomic E-state index is 0.189. The zero-order valence-electron chi connectivity index (χ0n) is 16.9. The summed E-state index contributed by atoms with van der Waals surface area (Å²) in [5, 5.41) is 4.15. The zero-order valence-corrected chi connectivity index (χ0v) is 19.2. The van der Waals surface area contributed by atoms with Crippen LogP contribution in [0.3, 0.4) is 0 Å². The maximum absolute atomic E-state index is 12.7. The SMILES string of the molecule is CC(C)CC(=O)N1CCN(c2ccc(Cl)cc2NC(=O)c2ccc(Cl)c(Cl)c2)CC1. The van der Waals surface area contributed by atoms with E-state index in [1.54, 1.807) is 24.3 Å². The van der Waals surface area contributed by atoms with Crippen molar-refractivity contribution in [3.05, 3.63) is 57.0 Å². The highest BCUT2D eigenvalue weighted by molar-refractivity contribution is 6.42. The van der Waals surface area contributed by atoms with Crippen LogP contribution in [0.2, 0.25) is 15.1 Å². The van der Waals surface area contributed by atoms with Gasteiger partial charge in [-0.3, -0.25) is 9.59 Å². The molecule has 0 unspecified atom stereocenters. The number of amides is 2. The summed E-state index contributed by atoms with van der Waals surface area (Å²) in [6.45, 7) is 6.75. The lowest BCUT2D eigenvalue weighted by molar-refractivity contribution is -0.132. The number of benzene rings is 2. The van der Waals surface area contributed by atoms with E-state index >= 15 is 0 Å². The van der Waals surface area contributed by atoms with Crippen LogP contribution < -0.4 is 10.2 Å². The Bertz CT molecular complexity index is 941. The quantitative estimate of drug-likeness (QED) is 0.622. The summed E-state index contributed by atoms with van der Waals surface area (Å²) in [5.74, 6) is 0.228. The van der Waals surface area contributed by atoms with Crippen LogP contribution in [-0.2, 0) is 4.79 Å². The molecule has 0 aromatic heterocycles. The molecular formula is C22H24Cl3N3O2. The highest BCUT2D eigenvalue weighted by Gasteiger charge is 2.23. The summed E-state index contributed by atoms with van der Waals surface area (Å²) < 4.78 is 0. The van der Waals surface area contributed by atoms with Gasteiger partial charge in [-0.1, -0.05) is 48.7 Å². The Morgan fingerprint density at radius 3 is 2.30 bits per heavy atom. The average molecular weight is 469 g/mol. The number of halogens is 3. The first-order valence-corrected chi connectivity index (χ1v) is 11.0. The van der Waals surface area contributed by atoms with E-state index in [-0.39, 0.29) is 11.8 Å². The molecule has 160 valence electrons. The van der Waals surface area contributed by atoms with Crippen LogP contribution in [0.1, 0.15) is 30.6 Å². The van der Waals surface area contributed by atoms with Gasteiger partial charge in [0.2, 0.25) is 5.91 Å². The molecule has 1 saturated heterocycles. The first kappa shape index (κ1) is 22.7. The third-order valence-electron chi connectivity index (χ3n) is 4.94. The van der Waals surface area contributed by atoms with E-state index in [1.165, 1.54) is 6.07 Å². The lowest BCUT2D eigenvalue weighted by Gasteiger charge is -2.37. The van der Waals surface area contributed by atoms with E-state index in [9.17, 15) is 9.59 Å². The third kappa shape index (κ3) is 5.60. The Morgan fingerprint density at radius 1 is 0.967 bits per heavy atom. The molecule has 1 aliphatic rings. The molecule has 1 aliphatic heterocycles. The Kier molecular flexibility index (Phi) is 7.50. The van der Waals surface area contributed by atoms with Gasteiger partial charge < -0.3 is 15.1 Å². The maximum Gasteiger partial charge on any atom is 0.255 e. The first-order chi connectivity index (χ1) is 14.2. The van der Waals surface area contributed by atoms with Crippen LogP contribution in [0.5, 0.6) is 0 Å². The molecular weight excluding hydrogens is 445 g/mol. The van der Waals surface area contributed by atoms with Crippen molar-refractivity contribution in [1.82, 2.24) is 4.90 Å². The van der Waals surface area contributed by atoms with Crippen LogP contribution >= 0.6 is 34.8 Å². The van der Waals surface area contributed by atoms with E-state index in [1.807, 2.05) is 24.8 Å². The molecule has 5 nitrogen and oxygen atoms in total. The van der Waals surface area contributed by atoms with Gasteiger partial charge in [0.05, 0.1) is 21.4 Å². The highest BCUT2D eigenvalue weighted by atomic mass is 35.5. The van der Waals surface area contributed by atoms with Crippen LogP contribution in [0, 0.1) is 5.92 Å². The van der Waals surface area contributed by atoms with Crippen molar-refractivity contribution in [2.45, 2.75) is 20.3 Å². The molecule has 1 fully saturated rings. The third-order valence-corrected chi connectivity index (χ3v) is 5.92. The van der Waals surface area contributed by atoms with E-state index in [4.69, 9.17) is 34.8 Å². The van der Waals surface area contributed by atoms with Gasteiger partial charge in [-0.05, 0) is 42.3 Å². The predicted molar refractivity (Wildman–Crippen MR) is 124 cm³/mol. The van der Waals surface area contributed by atoms with Gasteiger partial charge in [0.1, 0.15) is 0 Å². The van der Waals surface area contributed by atoms with E-state index in [0.29, 0.717) is 64.8 Å². The molecule has 2 amide bonds. The number of nitrogens with one attached hydrogen (secondary N) is 1. The summed E-state index contributed by atoms with van der Waals surface area (Å²) in [4.78, 5) is 29.1. The van der Waals surface area contributed by atoms with Gasteiger partial charge >= 0.3 is 0 Å². The molecule has 0 radical (unpaired) electrons. The van der Waals surface area contributed by atoms with Crippen molar-refractivity contribution in [1.29, 1.82) is 0 Å². The van der Waals surface area contributed by atoms with Gasteiger partial charge in [-0.25, -0.2) is 0 Å². The van der Waals surface area contributed by atoms with Crippen LogP contribution in [-0.4, -0.2) is 42.9 Å². The molecule has 3 rings (SSSR count). The van der Waals surface area contributed by atoms with E-state index in [2.05, 4.69) is 10.2 Å². The normalized spacial score (nSPS) is 14.2. The Labute approximate surface area is 191 Å². The predicted octanol–water partition coefficient (Wildman–Crippen LogP) is 5.59. The van der Waals surface area contributed by atoms with Crippen LogP contribution in [0.25, 0.3) is 0 Å². The van der Waals surface area contributed by atoms with Crippen LogP contribution in [0.4, 0.5) is 11.4 Å². The molecule has 0 saturated carbocycles. The number of carbonyl (C=O) groups excluding carboxylic acids is 2. The van der Waals surface area contributed by atoms with Crippen molar-refractivity contribution in [2.24, 2.45) is 5.92 Å². The lowest BCUT2D eigenvalue weighted by atomic mass is 10.1. The zero-order chi connectivity index (χ0) is 21.8. The van der Waals surface area contributed by atoms with Gasteiger partial charge in [0.15, 0.2) is 0 Å². The van der Waals surface area contributed by atoms with Crippen molar-refractivity contribution >= 4 is 58.0 Å². The van der Waals surface area contributed by atoms with E-state index in [0.717, 1.165) is 5.69 Å². The number of piperazine rings is 1. The average Bonchev–Trinajstić information content (AvgIpc) is 2.70. The minimum atomic E-state index is -0.303. The standard InChI is InChI=1S/C22H24Cl3N3O2/c1-14(2)11-21(29)28-9-7-27(8-10-28)20-6-4-16(23)13-19(20)26-22(30)15-3-5-17(24)18(25)12-15/h3-6,12-14H,7-11H2,1-2H3,(H,26,30). The first-order valence-electron chi connectivity index (χ1n) is 9.83. The fourth-order valence-electron chi connectivity index (χ4n) is 3.39. The number of hydrogen-bond donors (Lipinski definition) is 1. The molecule has 0 aliphatic carbocycles. The summed E-state index contributed by atoms with van der Waals surface area (Å²) >= 11 is 18.2. The molecule has 2 aromatic rings. The smallest absolute Gasteiger partial charge is 0.255 e. The van der Waals surface area contributed by atoms with Gasteiger partial charge in [-0.2, -0.15) is 0 Å². The topological polar surface area (TPSA) is 52.7 Å². The second-order valence-corrected chi connectivity index (χ2v) is 8.96. The summed E-state index contributed by atoms with van der Waals surface area (Å²) in [6, 6.07) is 10.1. The Hall–Kier alpha value is -1.95. The molecule has 30 heavy (non-hydrogen) atoms. The fraction of sp³-hybridized carbons (Fsp3) is 0.364. The number of anilines is 2. The number of rotatable bonds is 5. The van der Waals surface area contributed by atoms with Crippen LogP contribution in [0.15, 0.2) is 36.4 Å². The van der Waals surface area contributed by atoms with Crippen molar-refractivity contribution in [3.63, 3.8) is 0 Å². The molecule has 2 aromatic carbocycles. The fourth-order valence-corrected chi connectivity index (χ4v) is 3.86. The molecule has 0 spiro atoms. The molecule has 8 heteroatoms. The molecule has 0 atom stereocenters. The van der Waals surface area contributed by atoms with Gasteiger partial charge in [0, 0.05) is 43.2 Å². The molecule has 0 bridgehead atoms. The molecule has 1 heterocycles. The number of hydrogen-bond acceptors (Lipinski definition) is 3. The number of nitrogens with zero attached hydrogens (tertiary/aromatic N) is 2.